The first-order chi connectivity index (χ1) is 18.4. The second-order valence-electron chi connectivity index (χ2n) is 9.62. The van der Waals surface area contributed by atoms with Gasteiger partial charge in [-0.3, -0.25) is 9.69 Å². The van der Waals surface area contributed by atoms with Gasteiger partial charge in [0.05, 0.1) is 38.0 Å². The van der Waals surface area contributed by atoms with E-state index in [1.165, 1.54) is 0 Å². The Morgan fingerprint density at radius 2 is 1.92 bits per heavy atom. The Bertz CT molecular complexity index is 1570. The Labute approximate surface area is 221 Å². The number of tetrazole rings is 1. The van der Waals surface area contributed by atoms with Gasteiger partial charge in [0.15, 0.2) is 5.82 Å². The summed E-state index contributed by atoms with van der Waals surface area (Å²) in [6, 6.07) is 17.7. The van der Waals surface area contributed by atoms with Crippen molar-refractivity contribution >= 4 is 10.9 Å². The number of aromatic nitrogens is 5. The van der Waals surface area contributed by atoms with Gasteiger partial charge in [0.25, 0.3) is 5.56 Å². The van der Waals surface area contributed by atoms with Crippen molar-refractivity contribution in [3.63, 3.8) is 0 Å². The second-order valence-corrected chi connectivity index (χ2v) is 9.62. The number of rotatable bonds is 10. The molecule has 0 amide bonds. The van der Waals surface area contributed by atoms with E-state index in [4.69, 9.17) is 9.15 Å². The third kappa shape index (κ3) is 5.38. The molecule has 0 saturated carbocycles. The molecular weight excluding hydrogens is 480 g/mol. The van der Waals surface area contributed by atoms with Crippen LogP contribution in [0.3, 0.4) is 0 Å². The fraction of sp³-hybridized carbons (Fsp3) is 0.310. The highest BCUT2D eigenvalue weighted by atomic mass is 16.5. The minimum Gasteiger partial charge on any atom is -0.497 e. The summed E-state index contributed by atoms with van der Waals surface area (Å²) in [5.41, 5.74) is 4.73. The molecule has 38 heavy (non-hydrogen) atoms. The predicted molar refractivity (Wildman–Crippen MR) is 145 cm³/mol. The molecule has 5 aromatic rings. The molecule has 0 bridgehead atoms. The van der Waals surface area contributed by atoms with Gasteiger partial charge in [-0.25, -0.2) is 4.68 Å². The molecule has 196 valence electrons. The Morgan fingerprint density at radius 3 is 2.63 bits per heavy atom. The average molecular weight is 513 g/mol. The van der Waals surface area contributed by atoms with Gasteiger partial charge in [-0.05, 0) is 83.6 Å². The van der Waals surface area contributed by atoms with Crippen LogP contribution in [-0.4, -0.2) is 37.2 Å². The van der Waals surface area contributed by atoms with E-state index in [2.05, 4.69) is 51.4 Å². The van der Waals surface area contributed by atoms with Crippen LogP contribution >= 0.6 is 0 Å². The first kappa shape index (κ1) is 25.4. The lowest BCUT2D eigenvalue weighted by atomic mass is 10.0. The summed E-state index contributed by atoms with van der Waals surface area (Å²) in [6.07, 6.45) is 2.41. The lowest BCUT2D eigenvalue weighted by Crippen LogP contribution is -2.32. The smallest absolute Gasteiger partial charge is 0.252 e. The molecule has 0 spiro atoms. The largest absolute Gasteiger partial charge is 0.497 e. The molecule has 0 radical (unpaired) electrons. The van der Waals surface area contributed by atoms with Crippen LogP contribution in [-0.2, 0) is 19.6 Å². The Balaban J connectivity index is 1.50. The van der Waals surface area contributed by atoms with Gasteiger partial charge in [-0.1, -0.05) is 30.7 Å². The van der Waals surface area contributed by atoms with Crippen molar-refractivity contribution in [3.05, 3.63) is 105 Å². The van der Waals surface area contributed by atoms with Gasteiger partial charge in [-0.15, -0.1) is 5.10 Å². The molecule has 0 saturated heterocycles. The summed E-state index contributed by atoms with van der Waals surface area (Å²) in [5, 5.41) is 13.7. The van der Waals surface area contributed by atoms with Crippen molar-refractivity contribution in [2.24, 2.45) is 0 Å². The average Bonchev–Trinajstić information content (AvgIpc) is 3.58. The maximum absolute atomic E-state index is 13.2. The SMILES string of the molecule is CCC(c1nnnn1Cc1ccc(OC)cc1)N(Cc1ccco1)Cc1cc2cc(C)cc(C)c2[nH]c1=O. The Morgan fingerprint density at radius 1 is 1.11 bits per heavy atom. The van der Waals surface area contributed by atoms with E-state index < -0.39 is 0 Å². The fourth-order valence-electron chi connectivity index (χ4n) is 5.02. The Kier molecular flexibility index (Phi) is 7.37. The molecule has 3 heterocycles. The number of aromatic amines is 1. The zero-order chi connectivity index (χ0) is 26.6. The number of hydrogen-bond donors (Lipinski definition) is 1. The zero-order valence-electron chi connectivity index (χ0n) is 22.1. The molecular formula is C29H32N6O3. The minimum atomic E-state index is -0.150. The number of furan rings is 1. The van der Waals surface area contributed by atoms with Crippen molar-refractivity contribution in [2.45, 2.75) is 52.9 Å². The molecule has 0 aliphatic carbocycles. The summed E-state index contributed by atoms with van der Waals surface area (Å²) in [7, 11) is 1.65. The summed E-state index contributed by atoms with van der Waals surface area (Å²) in [5.74, 6) is 2.34. The quantitative estimate of drug-likeness (QED) is 0.283. The molecule has 9 heteroatoms. The van der Waals surface area contributed by atoms with Crippen LogP contribution in [0.5, 0.6) is 5.75 Å². The number of aryl methyl sites for hydroxylation is 2. The molecule has 1 atom stereocenters. The van der Waals surface area contributed by atoms with E-state index in [-0.39, 0.29) is 11.6 Å². The van der Waals surface area contributed by atoms with Crippen molar-refractivity contribution in [1.82, 2.24) is 30.1 Å². The number of nitrogens with zero attached hydrogens (tertiary/aromatic N) is 5. The third-order valence-electron chi connectivity index (χ3n) is 6.86. The van der Waals surface area contributed by atoms with Crippen molar-refractivity contribution in [2.75, 3.05) is 7.11 Å². The molecule has 5 rings (SSSR count). The standard InChI is InChI=1S/C29H32N6O3/c1-5-26(28-31-32-33-35(28)16-21-8-10-24(37-4)11-9-21)34(18-25-7-6-12-38-25)17-23-15-22-14-19(2)13-20(3)27(22)30-29(23)36/h6-15,26H,5,16-18H2,1-4H3,(H,30,36). The van der Waals surface area contributed by atoms with Gasteiger partial charge in [0.2, 0.25) is 0 Å². The zero-order valence-corrected chi connectivity index (χ0v) is 22.1. The van der Waals surface area contributed by atoms with Crippen molar-refractivity contribution in [3.8, 4) is 5.75 Å². The van der Waals surface area contributed by atoms with Gasteiger partial charge in [0.1, 0.15) is 11.5 Å². The number of methoxy groups -OCH3 is 1. The molecule has 1 unspecified atom stereocenters. The summed E-state index contributed by atoms with van der Waals surface area (Å²) < 4.78 is 12.8. The maximum Gasteiger partial charge on any atom is 0.252 e. The van der Waals surface area contributed by atoms with Crippen molar-refractivity contribution in [1.29, 1.82) is 0 Å². The van der Waals surface area contributed by atoms with Crippen LogP contribution in [0.25, 0.3) is 10.9 Å². The van der Waals surface area contributed by atoms with Gasteiger partial charge < -0.3 is 14.1 Å². The summed E-state index contributed by atoms with van der Waals surface area (Å²) in [4.78, 5) is 18.5. The molecule has 0 aliphatic heterocycles. The highest BCUT2D eigenvalue weighted by molar-refractivity contribution is 5.82. The topological polar surface area (TPSA) is 102 Å². The number of nitrogens with one attached hydrogen (secondary N) is 1. The number of fused-ring (bicyclic) bond motifs is 1. The van der Waals surface area contributed by atoms with Gasteiger partial charge >= 0.3 is 0 Å². The maximum atomic E-state index is 13.2. The van der Waals surface area contributed by atoms with Crippen LogP contribution in [0.15, 0.2) is 70.1 Å². The van der Waals surface area contributed by atoms with E-state index in [1.54, 1.807) is 13.4 Å². The van der Waals surface area contributed by atoms with Crippen molar-refractivity contribution < 1.29 is 9.15 Å². The minimum absolute atomic E-state index is 0.0958. The molecule has 3 aromatic heterocycles. The van der Waals surface area contributed by atoms with E-state index in [0.29, 0.717) is 25.2 Å². The molecule has 2 aromatic carbocycles. The normalized spacial score (nSPS) is 12.3. The van der Waals surface area contributed by atoms with Crippen LogP contribution in [0, 0.1) is 13.8 Å². The summed E-state index contributed by atoms with van der Waals surface area (Å²) in [6.45, 7) is 7.62. The number of pyridine rings is 1. The van der Waals surface area contributed by atoms with Crippen LogP contribution in [0.2, 0.25) is 0 Å². The highest BCUT2D eigenvalue weighted by Gasteiger charge is 2.27. The van der Waals surface area contributed by atoms with Crippen LogP contribution in [0.1, 0.15) is 53.2 Å². The van der Waals surface area contributed by atoms with Gasteiger partial charge in [0, 0.05) is 12.1 Å². The number of H-pyrrole nitrogens is 1. The first-order valence-electron chi connectivity index (χ1n) is 12.7. The number of benzene rings is 2. The Hall–Kier alpha value is -4.24. The summed E-state index contributed by atoms with van der Waals surface area (Å²) >= 11 is 0. The van der Waals surface area contributed by atoms with Crippen LogP contribution in [0.4, 0.5) is 0 Å². The predicted octanol–water partition coefficient (Wildman–Crippen LogP) is 4.93. The highest BCUT2D eigenvalue weighted by Crippen LogP contribution is 2.27. The molecule has 0 fully saturated rings. The van der Waals surface area contributed by atoms with E-state index in [1.807, 2.05) is 54.1 Å². The molecule has 9 nitrogen and oxygen atoms in total. The lowest BCUT2D eigenvalue weighted by Gasteiger charge is -2.29. The second kappa shape index (κ2) is 11.0. The molecule has 0 aliphatic rings. The molecule has 1 N–H and O–H groups in total. The van der Waals surface area contributed by atoms with Gasteiger partial charge in [-0.2, -0.15) is 0 Å². The number of ether oxygens (including phenoxy) is 1. The van der Waals surface area contributed by atoms with E-state index in [9.17, 15) is 4.79 Å². The lowest BCUT2D eigenvalue weighted by molar-refractivity contribution is 0.149. The third-order valence-corrected chi connectivity index (χ3v) is 6.86. The van der Waals surface area contributed by atoms with E-state index >= 15 is 0 Å². The number of hydrogen-bond acceptors (Lipinski definition) is 7. The van der Waals surface area contributed by atoms with Crippen LogP contribution < -0.4 is 10.3 Å². The van der Waals surface area contributed by atoms with E-state index in [0.717, 1.165) is 51.3 Å². The fourth-order valence-corrected chi connectivity index (χ4v) is 5.02. The monoisotopic (exact) mass is 512 g/mol. The first-order valence-corrected chi connectivity index (χ1v) is 12.7.